The summed E-state index contributed by atoms with van der Waals surface area (Å²) in [5.41, 5.74) is 1.25. The summed E-state index contributed by atoms with van der Waals surface area (Å²) in [6, 6.07) is 15.2. The average Bonchev–Trinajstić information content (AvgIpc) is 3.01. The summed E-state index contributed by atoms with van der Waals surface area (Å²) in [7, 11) is 0. The Morgan fingerprint density at radius 1 is 1.04 bits per heavy atom. The lowest BCUT2D eigenvalue weighted by atomic mass is 10.1. The molecule has 1 heterocycles. The van der Waals surface area contributed by atoms with Gasteiger partial charge in [-0.15, -0.1) is 0 Å². The predicted octanol–water partition coefficient (Wildman–Crippen LogP) is 3.56. The Balaban J connectivity index is 0.000000203. The van der Waals surface area contributed by atoms with Crippen molar-refractivity contribution in [3.05, 3.63) is 71.8 Å². The molecule has 1 atom stereocenters. The third-order valence-corrected chi connectivity index (χ3v) is 3.69. The van der Waals surface area contributed by atoms with Gasteiger partial charge in [0.15, 0.2) is 11.6 Å². The van der Waals surface area contributed by atoms with Crippen molar-refractivity contribution in [1.29, 1.82) is 0 Å². The molecule has 0 aromatic heterocycles. The summed E-state index contributed by atoms with van der Waals surface area (Å²) in [5, 5.41) is 8.87. The second kappa shape index (κ2) is 8.39. The molecule has 0 spiro atoms. The molecule has 2 aromatic carbocycles. The molecule has 1 aliphatic rings. The van der Waals surface area contributed by atoms with Crippen molar-refractivity contribution in [2.45, 2.75) is 13.0 Å². The fourth-order valence-corrected chi connectivity index (χ4v) is 2.46. The van der Waals surface area contributed by atoms with Gasteiger partial charge in [0.05, 0.1) is 5.92 Å². The molecule has 23 heavy (non-hydrogen) atoms. The lowest BCUT2D eigenvalue weighted by Crippen LogP contribution is -2.22. The van der Waals surface area contributed by atoms with Crippen molar-refractivity contribution in [1.82, 2.24) is 4.90 Å². The monoisotopic (exact) mass is 319 g/mol. The normalized spacial score (nSPS) is 17.4. The highest BCUT2D eigenvalue weighted by Gasteiger charge is 2.27. The Labute approximate surface area is 134 Å². The molecule has 0 aliphatic carbocycles. The first-order valence-corrected chi connectivity index (χ1v) is 7.45. The van der Waals surface area contributed by atoms with Gasteiger partial charge < -0.3 is 5.11 Å². The van der Waals surface area contributed by atoms with Gasteiger partial charge in [-0.05, 0) is 30.7 Å². The molecule has 0 amide bonds. The van der Waals surface area contributed by atoms with E-state index in [0.717, 1.165) is 31.6 Å². The number of halogens is 2. The third-order valence-electron chi connectivity index (χ3n) is 3.69. The molecule has 0 unspecified atom stereocenters. The minimum absolute atomic E-state index is 0.172. The van der Waals surface area contributed by atoms with Gasteiger partial charge in [-0.1, -0.05) is 42.5 Å². The van der Waals surface area contributed by atoms with Crippen LogP contribution in [0.1, 0.15) is 12.0 Å². The van der Waals surface area contributed by atoms with Crippen LogP contribution in [0.25, 0.3) is 0 Å². The molecular weight excluding hydrogens is 300 g/mol. The Morgan fingerprint density at radius 2 is 1.61 bits per heavy atom. The minimum Gasteiger partial charge on any atom is -0.481 e. The number of carboxylic acids is 1. The molecule has 1 aliphatic heterocycles. The molecule has 3 nitrogen and oxygen atoms in total. The van der Waals surface area contributed by atoms with Gasteiger partial charge in [-0.3, -0.25) is 9.69 Å². The maximum Gasteiger partial charge on any atom is 0.307 e. The van der Waals surface area contributed by atoms with E-state index in [4.69, 9.17) is 5.11 Å². The molecule has 0 radical (unpaired) electrons. The van der Waals surface area contributed by atoms with E-state index in [9.17, 15) is 13.6 Å². The topological polar surface area (TPSA) is 40.5 Å². The van der Waals surface area contributed by atoms with Crippen LogP contribution in [0.2, 0.25) is 0 Å². The molecule has 3 rings (SSSR count). The Bertz CT molecular complexity index is 613. The first-order chi connectivity index (χ1) is 11.1. The molecule has 122 valence electrons. The summed E-state index contributed by atoms with van der Waals surface area (Å²) >= 11 is 0. The lowest BCUT2D eigenvalue weighted by Gasteiger charge is -2.14. The Kier molecular flexibility index (Phi) is 6.23. The first kappa shape index (κ1) is 17.1. The zero-order valence-electron chi connectivity index (χ0n) is 12.7. The van der Waals surface area contributed by atoms with Gasteiger partial charge >= 0.3 is 5.97 Å². The van der Waals surface area contributed by atoms with E-state index < -0.39 is 17.6 Å². The van der Waals surface area contributed by atoms with Crippen LogP contribution in [-0.4, -0.2) is 29.1 Å². The third kappa shape index (κ3) is 5.45. The fourth-order valence-electron chi connectivity index (χ4n) is 2.46. The average molecular weight is 319 g/mol. The summed E-state index contributed by atoms with van der Waals surface area (Å²) in [4.78, 5) is 13.0. The van der Waals surface area contributed by atoms with Gasteiger partial charge in [0.1, 0.15) is 0 Å². The molecule has 1 fully saturated rings. The SMILES string of the molecule is Fc1ccccc1F.O=C(O)[C@H]1CCN(Cc2ccccc2)C1. The van der Waals surface area contributed by atoms with Gasteiger partial charge in [0.2, 0.25) is 0 Å². The highest BCUT2D eigenvalue weighted by molar-refractivity contribution is 5.70. The van der Waals surface area contributed by atoms with E-state index in [1.165, 1.54) is 17.7 Å². The van der Waals surface area contributed by atoms with Crippen LogP contribution in [0.5, 0.6) is 0 Å². The number of hydrogen-bond donors (Lipinski definition) is 1. The number of rotatable bonds is 3. The van der Waals surface area contributed by atoms with Crippen molar-refractivity contribution >= 4 is 5.97 Å². The largest absolute Gasteiger partial charge is 0.481 e. The number of aliphatic carboxylic acids is 1. The van der Waals surface area contributed by atoms with Crippen LogP contribution in [0.15, 0.2) is 54.6 Å². The summed E-state index contributed by atoms with van der Waals surface area (Å²) in [6.45, 7) is 2.45. The molecule has 5 heteroatoms. The standard InChI is InChI=1S/C12H15NO2.C6H4F2/c14-12(15)11-6-7-13(9-11)8-10-4-2-1-3-5-10;7-5-3-1-2-4-6(5)8/h1-5,11H,6-9H2,(H,14,15);1-4H/t11-;/m0./s1. The minimum atomic E-state index is -0.799. The number of nitrogens with zero attached hydrogens (tertiary/aromatic N) is 1. The number of carbonyl (C=O) groups is 1. The lowest BCUT2D eigenvalue weighted by molar-refractivity contribution is -0.141. The van der Waals surface area contributed by atoms with Crippen LogP contribution in [0.4, 0.5) is 8.78 Å². The number of carboxylic acid groups (broad SMARTS) is 1. The maximum atomic E-state index is 11.9. The number of likely N-dealkylation sites (tertiary alicyclic amines) is 1. The fraction of sp³-hybridized carbons (Fsp3) is 0.278. The van der Waals surface area contributed by atoms with Gasteiger partial charge in [0.25, 0.3) is 0 Å². The Morgan fingerprint density at radius 3 is 2.09 bits per heavy atom. The van der Waals surface area contributed by atoms with Crippen LogP contribution in [0, 0.1) is 17.6 Å². The van der Waals surface area contributed by atoms with Crippen molar-refractivity contribution in [3.8, 4) is 0 Å². The van der Waals surface area contributed by atoms with Crippen LogP contribution in [0.3, 0.4) is 0 Å². The molecule has 2 aromatic rings. The van der Waals surface area contributed by atoms with Crippen LogP contribution < -0.4 is 0 Å². The van der Waals surface area contributed by atoms with E-state index in [1.54, 1.807) is 0 Å². The van der Waals surface area contributed by atoms with E-state index >= 15 is 0 Å². The zero-order chi connectivity index (χ0) is 16.7. The van der Waals surface area contributed by atoms with E-state index in [-0.39, 0.29) is 5.92 Å². The van der Waals surface area contributed by atoms with Gasteiger partial charge in [-0.25, -0.2) is 8.78 Å². The quantitative estimate of drug-likeness (QED) is 0.940. The first-order valence-electron chi connectivity index (χ1n) is 7.45. The van der Waals surface area contributed by atoms with Crippen molar-refractivity contribution in [2.24, 2.45) is 5.92 Å². The zero-order valence-corrected chi connectivity index (χ0v) is 12.7. The molecule has 1 N–H and O–H groups in total. The summed E-state index contributed by atoms with van der Waals surface area (Å²) < 4.78 is 23.9. The Hall–Kier alpha value is -2.27. The summed E-state index contributed by atoms with van der Waals surface area (Å²) in [5.74, 6) is -2.43. The number of benzene rings is 2. The van der Waals surface area contributed by atoms with E-state index in [1.807, 2.05) is 18.2 Å². The second-order valence-corrected chi connectivity index (χ2v) is 5.46. The van der Waals surface area contributed by atoms with Gasteiger partial charge in [-0.2, -0.15) is 0 Å². The smallest absolute Gasteiger partial charge is 0.307 e. The van der Waals surface area contributed by atoms with Crippen molar-refractivity contribution in [3.63, 3.8) is 0 Å². The van der Waals surface area contributed by atoms with E-state index in [0.29, 0.717) is 6.54 Å². The molecule has 0 saturated carbocycles. The molecule has 1 saturated heterocycles. The van der Waals surface area contributed by atoms with Crippen molar-refractivity contribution < 1.29 is 18.7 Å². The van der Waals surface area contributed by atoms with Crippen molar-refractivity contribution in [2.75, 3.05) is 13.1 Å². The predicted molar refractivity (Wildman–Crippen MR) is 83.8 cm³/mol. The molecule has 0 bridgehead atoms. The molecular formula is C18H19F2NO2. The number of hydrogen-bond acceptors (Lipinski definition) is 2. The summed E-state index contributed by atoms with van der Waals surface area (Å²) in [6.07, 6.45) is 0.780. The highest BCUT2D eigenvalue weighted by Crippen LogP contribution is 2.18. The van der Waals surface area contributed by atoms with E-state index in [2.05, 4.69) is 17.0 Å². The van der Waals surface area contributed by atoms with Gasteiger partial charge in [0, 0.05) is 13.1 Å². The highest BCUT2D eigenvalue weighted by atomic mass is 19.2. The van der Waals surface area contributed by atoms with Crippen LogP contribution >= 0.6 is 0 Å². The van der Waals surface area contributed by atoms with Crippen LogP contribution in [-0.2, 0) is 11.3 Å². The second-order valence-electron chi connectivity index (χ2n) is 5.46. The maximum absolute atomic E-state index is 11.9.